The number of aliphatic carboxylic acids is 1. The van der Waals surface area contributed by atoms with Crippen molar-refractivity contribution < 1.29 is 14.6 Å². The molecule has 1 saturated heterocycles. The quantitative estimate of drug-likeness (QED) is 0.696. The molecule has 2 N–H and O–H groups in total. The van der Waals surface area contributed by atoms with Gasteiger partial charge in [0, 0.05) is 6.54 Å². The second-order valence-corrected chi connectivity index (χ2v) is 5.10. The van der Waals surface area contributed by atoms with Crippen LogP contribution in [0.1, 0.15) is 27.2 Å². The summed E-state index contributed by atoms with van der Waals surface area (Å²) >= 11 is 0. The van der Waals surface area contributed by atoms with E-state index in [-0.39, 0.29) is 12.0 Å². The fraction of sp³-hybridized carbons (Fsp3) is 0.900. The Labute approximate surface area is 84.6 Å². The molecule has 0 amide bonds. The fourth-order valence-electron chi connectivity index (χ4n) is 1.89. The van der Waals surface area contributed by atoms with Crippen LogP contribution in [0.15, 0.2) is 0 Å². The van der Waals surface area contributed by atoms with Gasteiger partial charge in [0.2, 0.25) is 0 Å². The van der Waals surface area contributed by atoms with Gasteiger partial charge in [-0.25, -0.2) is 0 Å². The van der Waals surface area contributed by atoms with Gasteiger partial charge in [-0.1, -0.05) is 20.8 Å². The minimum atomic E-state index is -0.892. The van der Waals surface area contributed by atoms with Crippen molar-refractivity contribution >= 4 is 5.97 Å². The van der Waals surface area contributed by atoms with Crippen LogP contribution in [0, 0.1) is 5.41 Å². The molecule has 1 fully saturated rings. The molecule has 0 spiro atoms. The Kier molecular flexibility index (Phi) is 3.17. The third-order valence-corrected chi connectivity index (χ3v) is 2.30. The van der Waals surface area contributed by atoms with Gasteiger partial charge < -0.3 is 9.84 Å². The summed E-state index contributed by atoms with van der Waals surface area (Å²) in [6.45, 7) is 7.58. The maximum atomic E-state index is 11.2. The summed E-state index contributed by atoms with van der Waals surface area (Å²) in [4.78, 5) is 11.2. The molecule has 1 aliphatic heterocycles. The van der Waals surface area contributed by atoms with Gasteiger partial charge in [0.1, 0.15) is 5.54 Å². The number of ether oxygens (including phenoxy) is 1. The first-order valence-electron chi connectivity index (χ1n) is 4.92. The summed E-state index contributed by atoms with van der Waals surface area (Å²) in [5, 5.41) is 12.3. The third kappa shape index (κ3) is 2.69. The highest BCUT2D eigenvalue weighted by molar-refractivity contribution is 5.79. The Hall–Kier alpha value is -0.610. The molecule has 1 heterocycles. The zero-order chi connectivity index (χ0) is 10.8. The minimum Gasteiger partial charge on any atom is -0.480 e. The van der Waals surface area contributed by atoms with Crippen molar-refractivity contribution in [3.05, 3.63) is 0 Å². The molecule has 0 bridgehead atoms. The van der Waals surface area contributed by atoms with Gasteiger partial charge in [-0.2, -0.15) is 0 Å². The number of carboxylic acid groups (broad SMARTS) is 1. The van der Waals surface area contributed by atoms with E-state index in [4.69, 9.17) is 4.74 Å². The van der Waals surface area contributed by atoms with E-state index >= 15 is 0 Å². The molecule has 82 valence electrons. The molecule has 0 radical (unpaired) electrons. The highest BCUT2D eigenvalue weighted by Gasteiger charge is 2.43. The van der Waals surface area contributed by atoms with E-state index in [1.54, 1.807) is 0 Å². The normalized spacial score (nSPS) is 28.8. The van der Waals surface area contributed by atoms with Gasteiger partial charge >= 0.3 is 5.97 Å². The van der Waals surface area contributed by atoms with Crippen molar-refractivity contribution in [2.24, 2.45) is 5.41 Å². The van der Waals surface area contributed by atoms with E-state index in [0.29, 0.717) is 19.6 Å². The average molecular weight is 201 g/mol. The summed E-state index contributed by atoms with van der Waals surface area (Å²) < 4.78 is 5.25. The van der Waals surface area contributed by atoms with E-state index in [1.807, 2.05) is 20.8 Å². The molecule has 0 aromatic rings. The van der Waals surface area contributed by atoms with Crippen LogP contribution in [-0.4, -0.2) is 36.4 Å². The lowest BCUT2D eigenvalue weighted by Crippen LogP contribution is -2.61. The summed E-state index contributed by atoms with van der Waals surface area (Å²) in [6, 6.07) is 0. The molecule has 1 rings (SSSR count). The lowest BCUT2D eigenvalue weighted by Gasteiger charge is -2.38. The molecule has 1 aliphatic rings. The number of carboxylic acids is 1. The predicted molar refractivity (Wildman–Crippen MR) is 53.3 cm³/mol. The van der Waals surface area contributed by atoms with E-state index in [1.165, 1.54) is 0 Å². The largest absolute Gasteiger partial charge is 0.480 e. The van der Waals surface area contributed by atoms with Crippen molar-refractivity contribution in [3.63, 3.8) is 0 Å². The second-order valence-electron chi connectivity index (χ2n) is 5.10. The molecular weight excluding hydrogens is 182 g/mol. The molecule has 0 saturated carbocycles. The van der Waals surface area contributed by atoms with Gasteiger partial charge in [-0.3, -0.25) is 10.1 Å². The summed E-state index contributed by atoms with van der Waals surface area (Å²) in [5.74, 6) is -0.813. The van der Waals surface area contributed by atoms with Gasteiger partial charge in [-0.05, 0) is 11.8 Å². The summed E-state index contributed by atoms with van der Waals surface area (Å²) in [5.41, 5.74) is -0.914. The van der Waals surface area contributed by atoms with Gasteiger partial charge in [-0.15, -0.1) is 0 Å². The summed E-state index contributed by atoms with van der Waals surface area (Å²) in [6.07, 6.45) is 0.579. The molecule has 4 nitrogen and oxygen atoms in total. The van der Waals surface area contributed by atoms with Gasteiger partial charge in [0.25, 0.3) is 0 Å². The summed E-state index contributed by atoms with van der Waals surface area (Å²) in [7, 11) is 0. The molecule has 4 heteroatoms. The zero-order valence-electron chi connectivity index (χ0n) is 9.09. The Morgan fingerprint density at radius 3 is 2.57 bits per heavy atom. The molecule has 14 heavy (non-hydrogen) atoms. The number of morpholine rings is 1. The maximum Gasteiger partial charge on any atom is 0.326 e. The third-order valence-electron chi connectivity index (χ3n) is 2.30. The fourth-order valence-corrected chi connectivity index (χ4v) is 1.89. The van der Waals surface area contributed by atoms with Crippen molar-refractivity contribution in [3.8, 4) is 0 Å². The number of hydrogen-bond donors (Lipinski definition) is 2. The van der Waals surface area contributed by atoms with Crippen molar-refractivity contribution in [2.45, 2.75) is 32.7 Å². The molecule has 1 unspecified atom stereocenters. The van der Waals surface area contributed by atoms with Crippen LogP contribution in [0.25, 0.3) is 0 Å². The Morgan fingerprint density at radius 1 is 1.57 bits per heavy atom. The first kappa shape index (κ1) is 11.5. The minimum absolute atomic E-state index is 0.0217. The Morgan fingerprint density at radius 2 is 2.21 bits per heavy atom. The van der Waals surface area contributed by atoms with E-state index in [0.717, 1.165) is 0 Å². The van der Waals surface area contributed by atoms with Crippen LogP contribution >= 0.6 is 0 Å². The highest BCUT2D eigenvalue weighted by atomic mass is 16.5. The standard InChI is InChI=1S/C10H19NO3/c1-9(2,3)6-10(8(12)13)7-14-5-4-11-10/h11H,4-7H2,1-3H3,(H,12,13). The monoisotopic (exact) mass is 201 g/mol. The molecule has 0 aromatic carbocycles. The van der Waals surface area contributed by atoms with Crippen LogP contribution in [-0.2, 0) is 9.53 Å². The lowest BCUT2D eigenvalue weighted by atomic mass is 9.79. The predicted octanol–water partition coefficient (Wildman–Crippen LogP) is 0.866. The van der Waals surface area contributed by atoms with E-state index < -0.39 is 11.5 Å². The smallest absolute Gasteiger partial charge is 0.326 e. The van der Waals surface area contributed by atoms with Gasteiger partial charge in [0.15, 0.2) is 0 Å². The Bertz CT molecular complexity index is 214. The maximum absolute atomic E-state index is 11.2. The Balaban J connectivity index is 2.76. The zero-order valence-corrected chi connectivity index (χ0v) is 9.09. The number of rotatable bonds is 2. The van der Waals surface area contributed by atoms with Crippen LogP contribution < -0.4 is 5.32 Å². The van der Waals surface area contributed by atoms with E-state index in [2.05, 4.69) is 5.32 Å². The average Bonchev–Trinajstić information content (AvgIpc) is 2.02. The lowest BCUT2D eigenvalue weighted by molar-refractivity contribution is -0.152. The topological polar surface area (TPSA) is 58.6 Å². The highest BCUT2D eigenvalue weighted by Crippen LogP contribution is 2.29. The van der Waals surface area contributed by atoms with Crippen LogP contribution in [0.5, 0.6) is 0 Å². The van der Waals surface area contributed by atoms with Crippen molar-refractivity contribution in [1.29, 1.82) is 0 Å². The van der Waals surface area contributed by atoms with Crippen molar-refractivity contribution in [2.75, 3.05) is 19.8 Å². The first-order chi connectivity index (χ1) is 6.36. The molecule has 1 atom stereocenters. The van der Waals surface area contributed by atoms with Crippen LogP contribution in [0.3, 0.4) is 0 Å². The number of hydrogen-bond acceptors (Lipinski definition) is 3. The SMILES string of the molecule is CC(C)(C)CC1(C(=O)O)COCCN1. The number of nitrogens with one attached hydrogen (secondary N) is 1. The molecular formula is C10H19NO3. The first-order valence-corrected chi connectivity index (χ1v) is 4.92. The van der Waals surface area contributed by atoms with Crippen LogP contribution in [0.4, 0.5) is 0 Å². The molecule has 0 aliphatic carbocycles. The number of carbonyl (C=O) groups is 1. The van der Waals surface area contributed by atoms with E-state index in [9.17, 15) is 9.90 Å². The van der Waals surface area contributed by atoms with Crippen LogP contribution in [0.2, 0.25) is 0 Å². The second kappa shape index (κ2) is 3.87. The van der Waals surface area contributed by atoms with Crippen molar-refractivity contribution in [1.82, 2.24) is 5.32 Å². The van der Waals surface area contributed by atoms with Gasteiger partial charge in [0.05, 0.1) is 13.2 Å². The molecule has 0 aromatic heterocycles.